The van der Waals surface area contributed by atoms with Crippen molar-refractivity contribution in [1.29, 1.82) is 0 Å². The summed E-state index contributed by atoms with van der Waals surface area (Å²) >= 11 is 0. The first-order valence-corrected chi connectivity index (χ1v) is 9.36. The average Bonchev–Trinajstić information content (AvgIpc) is 2.88. The summed E-state index contributed by atoms with van der Waals surface area (Å²) in [6, 6.07) is -2.22. The highest BCUT2D eigenvalue weighted by molar-refractivity contribution is 5.95. The van der Waals surface area contributed by atoms with Crippen LogP contribution in [0.2, 0.25) is 0 Å². The molecule has 1 saturated heterocycles. The Balaban J connectivity index is 2.28. The Labute approximate surface area is 160 Å². The summed E-state index contributed by atoms with van der Waals surface area (Å²) in [5, 5.41) is 5.35. The molecule has 1 aliphatic carbocycles. The number of rotatable bonds is 5. The molecule has 2 aliphatic rings. The van der Waals surface area contributed by atoms with E-state index in [1.54, 1.807) is 4.90 Å². The number of fused-ring (bicyclic) bond motifs is 1. The minimum absolute atomic E-state index is 0.0273. The van der Waals surface area contributed by atoms with E-state index in [1.165, 1.54) is 13.8 Å². The van der Waals surface area contributed by atoms with Gasteiger partial charge in [0.2, 0.25) is 23.6 Å². The number of carbonyl (C=O) groups excluding carboxylic acids is 4. The van der Waals surface area contributed by atoms with Crippen LogP contribution in [0.15, 0.2) is 0 Å². The zero-order valence-corrected chi connectivity index (χ0v) is 17.3. The van der Waals surface area contributed by atoms with Crippen LogP contribution in [0.25, 0.3) is 0 Å². The van der Waals surface area contributed by atoms with Crippen molar-refractivity contribution in [2.45, 2.75) is 66.6 Å². The van der Waals surface area contributed by atoms with E-state index < -0.39 is 29.4 Å². The minimum Gasteiger partial charge on any atom is -0.368 e. The Hall–Kier alpha value is -2.12. The lowest BCUT2D eigenvalue weighted by Gasteiger charge is -2.37. The Morgan fingerprint density at radius 3 is 2.15 bits per heavy atom. The Morgan fingerprint density at radius 2 is 1.70 bits per heavy atom. The molecule has 2 rings (SSSR count). The Morgan fingerprint density at radius 1 is 1.15 bits per heavy atom. The molecule has 0 bridgehead atoms. The van der Waals surface area contributed by atoms with Gasteiger partial charge in [0.15, 0.2) is 0 Å². The number of nitrogens with zero attached hydrogens (tertiary/aromatic N) is 1. The van der Waals surface area contributed by atoms with E-state index in [0.717, 1.165) is 0 Å². The first kappa shape index (κ1) is 21.2. The first-order chi connectivity index (χ1) is 12.2. The summed E-state index contributed by atoms with van der Waals surface area (Å²) in [4.78, 5) is 50.7. The number of hydrogen-bond donors (Lipinski definition) is 3. The largest absolute Gasteiger partial charge is 0.368 e. The lowest BCUT2D eigenvalue weighted by molar-refractivity contribution is -0.145. The summed E-state index contributed by atoms with van der Waals surface area (Å²) in [5.41, 5.74) is 4.71. The standard InChI is InChI=1S/C19H32N4O4/c1-9(15(20)25)21-16(26)13-12-11(19(12,6)7)8-23(13)17(27)14(18(3,4)5)22-10(2)24/h9,11-14H,8H2,1-7H3,(H2,20,25)(H,21,26)(H,22,24)/t9-,11-,12-,13-,14+/m0/s1. The third-order valence-electron chi connectivity index (χ3n) is 6.01. The molecule has 8 heteroatoms. The zero-order valence-electron chi connectivity index (χ0n) is 17.3. The third kappa shape index (κ3) is 3.94. The number of piperidine rings is 1. The van der Waals surface area contributed by atoms with Gasteiger partial charge in [0.05, 0.1) is 0 Å². The summed E-state index contributed by atoms with van der Waals surface area (Å²) in [5.74, 6) is -1.32. The van der Waals surface area contributed by atoms with Crippen molar-refractivity contribution in [2.24, 2.45) is 28.4 Å². The van der Waals surface area contributed by atoms with Gasteiger partial charge >= 0.3 is 0 Å². The SMILES string of the molecule is CC(=O)N[C@H](C(=O)N1C[C@H]2[C@@H]([C@H]1C(=O)N[C@@H](C)C(N)=O)C2(C)C)C(C)(C)C. The summed E-state index contributed by atoms with van der Waals surface area (Å²) in [7, 11) is 0. The van der Waals surface area contributed by atoms with Crippen LogP contribution in [0, 0.1) is 22.7 Å². The Bertz CT molecular complexity index is 667. The smallest absolute Gasteiger partial charge is 0.246 e. The predicted octanol–water partition coefficient (Wildman–Crippen LogP) is 0.0102. The van der Waals surface area contributed by atoms with Gasteiger partial charge in [-0.2, -0.15) is 0 Å². The highest BCUT2D eigenvalue weighted by Gasteiger charge is 2.69. The molecule has 0 aromatic heterocycles. The minimum atomic E-state index is -0.816. The van der Waals surface area contributed by atoms with E-state index in [4.69, 9.17) is 5.73 Å². The second kappa shape index (κ2) is 6.80. The van der Waals surface area contributed by atoms with Crippen LogP contribution < -0.4 is 16.4 Å². The van der Waals surface area contributed by atoms with E-state index in [0.29, 0.717) is 6.54 Å². The van der Waals surface area contributed by atoms with Gasteiger partial charge in [-0.1, -0.05) is 34.6 Å². The van der Waals surface area contributed by atoms with Crippen LogP contribution in [0.3, 0.4) is 0 Å². The van der Waals surface area contributed by atoms with Crippen molar-refractivity contribution in [2.75, 3.05) is 6.54 Å². The molecule has 0 aromatic rings. The second-order valence-corrected chi connectivity index (χ2v) is 9.52. The molecule has 0 aromatic carbocycles. The van der Waals surface area contributed by atoms with Gasteiger partial charge in [0.25, 0.3) is 0 Å². The average molecular weight is 380 g/mol. The van der Waals surface area contributed by atoms with Gasteiger partial charge < -0.3 is 21.3 Å². The lowest BCUT2D eigenvalue weighted by Crippen LogP contribution is -2.60. The molecule has 5 atom stereocenters. The summed E-state index contributed by atoms with van der Waals surface area (Å²) in [6.07, 6.45) is 0. The number of nitrogens with two attached hydrogens (primary N) is 1. The topological polar surface area (TPSA) is 122 Å². The molecule has 1 saturated carbocycles. The number of nitrogens with one attached hydrogen (secondary N) is 2. The fourth-order valence-corrected chi connectivity index (χ4v) is 4.20. The van der Waals surface area contributed by atoms with Gasteiger partial charge in [-0.3, -0.25) is 19.2 Å². The fourth-order valence-electron chi connectivity index (χ4n) is 4.20. The summed E-state index contributed by atoms with van der Waals surface area (Å²) < 4.78 is 0. The van der Waals surface area contributed by atoms with E-state index in [2.05, 4.69) is 24.5 Å². The van der Waals surface area contributed by atoms with Gasteiger partial charge in [0.1, 0.15) is 18.1 Å². The fraction of sp³-hybridized carbons (Fsp3) is 0.789. The van der Waals surface area contributed by atoms with E-state index in [9.17, 15) is 19.2 Å². The molecule has 4 amide bonds. The molecule has 0 spiro atoms. The van der Waals surface area contributed by atoms with Gasteiger partial charge in [0, 0.05) is 13.5 Å². The van der Waals surface area contributed by atoms with Crippen LogP contribution >= 0.6 is 0 Å². The van der Waals surface area contributed by atoms with E-state index >= 15 is 0 Å². The van der Waals surface area contributed by atoms with Crippen LogP contribution in [0.4, 0.5) is 0 Å². The normalized spacial score (nSPS) is 28.0. The lowest BCUT2D eigenvalue weighted by atomic mass is 9.85. The molecule has 8 nitrogen and oxygen atoms in total. The molecule has 2 fully saturated rings. The summed E-state index contributed by atoms with van der Waals surface area (Å²) in [6.45, 7) is 13.1. The molecule has 0 radical (unpaired) electrons. The third-order valence-corrected chi connectivity index (χ3v) is 6.01. The van der Waals surface area contributed by atoms with Crippen molar-refractivity contribution in [1.82, 2.24) is 15.5 Å². The quantitative estimate of drug-likeness (QED) is 0.622. The maximum Gasteiger partial charge on any atom is 0.246 e. The van der Waals surface area contributed by atoms with Crippen LogP contribution in [-0.2, 0) is 19.2 Å². The van der Waals surface area contributed by atoms with E-state index in [-0.39, 0.29) is 35.0 Å². The number of likely N-dealkylation sites (tertiary alicyclic amines) is 1. The molecule has 0 unspecified atom stereocenters. The number of primary amides is 1. The van der Waals surface area contributed by atoms with Crippen LogP contribution in [0.1, 0.15) is 48.5 Å². The highest BCUT2D eigenvalue weighted by Crippen LogP contribution is 2.65. The van der Waals surface area contributed by atoms with Gasteiger partial charge in [-0.25, -0.2) is 0 Å². The second-order valence-electron chi connectivity index (χ2n) is 9.52. The van der Waals surface area contributed by atoms with Crippen molar-refractivity contribution in [3.05, 3.63) is 0 Å². The van der Waals surface area contributed by atoms with Crippen LogP contribution in [-0.4, -0.2) is 53.2 Å². The van der Waals surface area contributed by atoms with Crippen molar-refractivity contribution >= 4 is 23.6 Å². The van der Waals surface area contributed by atoms with Crippen molar-refractivity contribution in [3.8, 4) is 0 Å². The first-order valence-electron chi connectivity index (χ1n) is 9.36. The predicted molar refractivity (Wildman–Crippen MR) is 100 cm³/mol. The highest BCUT2D eigenvalue weighted by atomic mass is 16.2. The Kier molecular flexibility index (Phi) is 5.33. The monoisotopic (exact) mass is 380 g/mol. The van der Waals surface area contributed by atoms with E-state index in [1.807, 2.05) is 20.8 Å². The maximum atomic E-state index is 13.3. The molecule has 152 valence electrons. The molecular formula is C19H32N4O4. The van der Waals surface area contributed by atoms with Gasteiger partial charge in [-0.15, -0.1) is 0 Å². The number of amides is 4. The van der Waals surface area contributed by atoms with Crippen molar-refractivity contribution in [3.63, 3.8) is 0 Å². The molecular weight excluding hydrogens is 348 g/mol. The number of carbonyl (C=O) groups is 4. The van der Waals surface area contributed by atoms with Gasteiger partial charge in [-0.05, 0) is 29.6 Å². The number of hydrogen-bond acceptors (Lipinski definition) is 4. The van der Waals surface area contributed by atoms with Crippen LogP contribution in [0.5, 0.6) is 0 Å². The molecule has 1 heterocycles. The van der Waals surface area contributed by atoms with Crippen molar-refractivity contribution < 1.29 is 19.2 Å². The molecule has 27 heavy (non-hydrogen) atoms. The zero-order chi connectivity index (χ0) is 20.9. The molecule has 4 N–H and O–H groups in total. The molecule has 1 aliphatic heterocycles. The maximum absolute atomic E-state index is 13.3.